The molecule has 2 aromatic heterocycles. The van der Waals surface area contributed by atoms with E-state index in [0.29, 0.717) is 33.3 Å². The van der Waals surface area contributed by atoms with Gasteiger partial charge in [0.2, 0.25) is 5.91 Å². The summed E-state index contributed by atoms with van der Waals surface area (Å²) in [4.78, 5) is 26.8. The van der Waals surface area contributed by atoms with E-state index in [1.54, 1.807) is 18.3 Å². The third-order valence-electron chi connectivity index (χ3n) is 5.45. The van der Waals surface area contributed by atoms with Gasteiger partial charge in [0.1, 0.15) is 24.2 Å². The molecule has 9 heteroatoms. The minimum atomic E-state index is -0.643. The molecule has 1 aliphatic rings. The van der Waals surface area contributed by atoms with E-state index in [9.17, 15) is 14.9 Å². The maximum absolute atomic E-state index is 12.7. The van der Waals surface area contributed by atoms with E-state index in [0.717, 1.165) is 5.52 Å². The van der Waals surface area contributed by atoms with Gasteiger partial charge in [-0.1, -0.05) is 17.7 Å². The molecule has 1 atom stereocenters. The van der Waals surface area contributed by atoms with Gasteiger partial charge in [0.25, 0.3) is 0 Å². The summed E-state index contributed by atoms with van der Waals surface area (Å²) in [6.07, 6.45) is 3.59. The molecule has 32 heavy (non-hydrogen) atoms. The summed E-state index contributed by atoms with van der Waals surface area (Å²) in [5, 5.41) is 9.83. The number of rotatable bonds is 6. The van der Waals surface area contributed by atoms with Gasteiger partial charge >= 0.3 is 5.97 Å². The number of benzene rings is 1. The highest BCUT2D eigenvalue weighted by molar-refractivity contribution is 6.32. The Bertz CT molecular complexity index is 1250. The Kier molecular flexibility index (Phi) is 5.93. The largest absolute Gasteiger partial charge is 0.495 e. The highest BCUT2D eigenvalue weighted by atomic mass is 35.5. The Morgan fingerprint density at radius 2 is 2.03 bits per heavy atom. The van der Waals surface area contributed by atoms with Crippen LogP contribution in [0.25, 0.3) is 5.52 Å². The molecule has 0 aliphatic carbocycles. The van der Waals surface area contributed by atoms with Crippen molar-refractivity contribution in [2.45, 2.75) is 13.0 Å². The van der Waals surface area contributed by atoms with Crippen LogP contribution < -0.4 is 14.4 Å². The predicted octanol–water partition coefficient (Wildman–Crippen LogP) is 3.58. The van der Waals surface area contributed by atoms with Crippen LogP contribution in [0, 0.1) is 17.2 Å². The van der Waals surface area contributed by atoms with Crippen molar-refractivity contribution in [1.82, 2.24) is 4.40 Å². The summed E-state index contributed by atoms with van der Waals surface area (Å²) >= 11 is 6.22. The van der Waals surface area contributed by atoms with E-state index in [-0.39, 0.29) is 25.5 Å². The molecule has 0 spiro atoms. The molecule has 0 unspecified atom stereocenters. The van der Waals surface area contributed by atoms with E-state index >= 15 is 0 Å². The first-order valence-corrected chi connectivity index (χ1v) is 10.2. The lowest BCUT2D eigenvalue weighted by atomic mass is 10.1. The van der Waals surface area contributed by atoms with Crippen LogP contribution >= 0.6 is 11.6 Å². The van der Waals surface area contributed by atoms with Gasteiger partial charge in [0, 0.05) is 37.0 Å². The Hall–Kier alpha value is -3.70. The van der Waals surface area contributed by atoms with Crippen molar-refractivity contribution in [2.75, 3.05) is 25.7 Å². The van der Waals surface area contributed by atoms with Gasteiger partial charge in [-0.05, 0) is 18.2 Å². The second kappa shape index (κ2) is 8.81. The van der Waals surface area contributed by atoms with E-state index in [1.165, 1.54) is 19.1 Å². The fourth-order valence-corrected chi connectivity index (χ4v) is 4.07. The van der Waals surface area contributed by atoms with Crippen molar-refractivity contribution < 1.29 is 23.8 Å². The molecule has 1 saturated heterocycles. The van der Waals surface area contributed by atoms with Crippen LogP contribution in [0.15, 0.2) is 42.7 Å². The van der Waals surface area contributed by atoms with Gasteiger partial charge < -0.3 is 23.5 Å². The quantitative estimate of drug-likeness (QED) is 0.529. The van der Waals surface area contributed by atoms with Crippen LogP contribution in [-0.2, 0) is 20.9 Å². The van der Waals surface area contributed by atoms with Crippen molar-refractivity contribution in [1.29, 1.82) is 5.26 Å². The SMILES string of the molecule is COc1cc(OC)c(N2C[C@H](C(=O)OCc3cn4ccccc4c3C#N)CC2=O)cc1Cl. The number of pyridine rings is 1. The maximum Gasteiger partial charge on any atom is 0.311 e. The third-order valence-corrected chi connectivity index (χ3v) is 5.74. The minimum Gasteiger partial charge on any atom is -0.495 e. The summed E-state index contributed by atoms with van der Waals surface area (Å²) in [5.41, 5.74) is 2.27. The molecule has 4 rings (SSSR count). The number of anilines is 1. The van der Waals surface area contributed by atoms with Gasteiger partial charge in [-0.3, -0.25) is 9.59 Å². The number of carbonyl (C=O) groups is 2. The zero-order valence-corrected chi connectivity index (χ0v) is 18.3. The summed E-state index contributed by atoms with van der Waals surface area (Å²) in [5.74, 6) is -0.552. The van der Waals surface area contributed by atoms with Gasteiger partial charge in [-0.2, -0.15) is 5.26 Å². The molecule has 1 aliphatic heterocycles. The minimum absolute atomic E-state index is 0.00841. The van der Waals surface area contributed by atoms with Crippen LogP contribution in [0.3, 0.4) is 0 Å². The second-order valence-corrected chi connectivity index (χ2v) is 7.71. The molecule has 0 saturated carbocycles. The molecule has 3 aromatic rings. The smallest absolute Gasteiger partial charge is 0.311 e. The third kappa shape index (κ3) is 3.83. The van der Waals surface area contributed by atoms with Gasteiger partial charge in [0.15, 0.2) is 0 Å². The number of hydrogen-bond acceptors (Lipinski definition) is 6. The average Bonchev–Trinajstić information content (AvgIpc) is 3.37. The number of halogens is 1. The molecule has 0 bridgehead atoms. The molecule has 3 heterocycles. The standard InChI is InChI=1S/C23H20ClN3O5/c1-30-20-9-21(31-2)19(8-17(20)24)27-12-14(7-22(27)28)23(29)32-13-15-11-26-6-4-3-5-18(26)16(15)10-25/h3-6,8-9,11,14H,7,12-13H2,1-2H3/t14-/m1/s1. The number of ether oxygens (including phenoxy) is 3. The van der Waals surface area contributed by atoms with E-state index in [2.05, 4.69) is 6.07 Å². The summed E-state index contributed by atoms with van der Waals surface area (Å²) in [7, 11) is 2.96. The molecule has 164 valence electrons. The van der Waals surface area contributed by atoms with Gasteiger partial charge in [-0.15, -0.1) is 0 Å². The highest BCUT2D eigenvalue weighted by Gasteiger charge is 2.37. The first-order valence-electron chi connectivity index (χ1n) is 9.84. The Labute approximate surface area is 189 Å². The number of hydrogen-bond donors (Lipinski definition) is 0. The van der Waals surface area contributed by atoms with Crippen molar-refractivity contribution in [3.63, 3.8) is 0 Å². The molecule has 0 N–H and O–H groups in total. The van der Waals surface area contributed by atoms with Crippen LogP contribution in [0.2, 0.25) is 5.02 Å². The number of fused-ring (bicyclic) bond motifs is 1. The lowest BCUT2D eigenvalue weighted by molar-refractivity contribution is -0.149. The number of esters is 1. The summed E-state index contributed by atoms with van der Waals surface area (Å²) in [6.45, 7) is 0.0886. The number of nitriles is 1. The zero-order chi connectivity index (χ0) is 22.8. The molecular formula is C23H20ClN3O5. The second-order valence-electron chi connectivity index (χ2n) is 7.31. The van der Waals surface area contributed by atoms with E-state index < -0.39 is 11.9 Å². The highest BCUT2D eigenvalue weighted by Crippen LogP contribution is 2.40. The van der Waals surface area contributed by atoms with Gasteiger partial charge in [-0.25, -0.2) is 0 Å². The molecular weight excluding hydrogens is 434 g/mol. The normalized spacial score (nSPS) is 15.6. The Balaban J connectivity index is 1.49. The van der Waals surface area contributed by atoms with E-state index in [4.69, 9.17) is 25.8 Å². The first kappa shape index (κ1) is 21.5. The lowest BCUT2D eigenvalue weighted by Gasteiger charge is -2.20. The van der Waals surface area contributed by atoms with Gasteiger partial charge in [0.05, 0.1) is 41.9 Å². The van der Waals surface area contributed by atoms with Crippen molar-refractivity contribution >= 4 is 34.7 Å². The molecule has 1 amide bonds. The summed E-state index contributed by atoms with van der Waals surface area (Å²) < 4.78 is 17.9. The van der Waals surface area contributed by atoms with Crippen molar-refractivity contribution in [3.05, 3.63) is 58.9 Å². The zero-order valence-electron chi connectivity index (χ0n) is 17.5. The number of aromatic nitrogens is 1. The molecule has 8 nitrogen and oxygen atoms in total. The number of methoxy groups -OCH3 is 2. The van der Waals surface area contributed by atoms with Crippen molar-refractivity contribution in [3.8, 4) is 17.6 Å². The fourth-order valence-electron chi connectivity index (χ4n) is 3.84. The first-order chi connectivity index (χ1) is 15.5. The predicted molar refractivity (Wildman–Crippen MR) is 117 cm³/mol. The monoisotopic (exact) mass is 453 g/mol. The topological polar surface area (TPSA) is 93.3 Å². The number of carbonyl (C=O) groups excluding carboxylic acids is 2. The number of amides is 1. The Morgan fingerprint density at radius 3 is 2.75 bits per heavy atom. The fraction of sp³-hybridized carbons (Fsp3) is 0.261. The number of nitrogens with zero attached hydrogens (tertiary/aromatic N) is 3. The van der Waals surface area contributed by atoms with Crippen LogP contribution in [0.1, 0.15) is 17.5 Å². The Morgan fingerprint density at radius 1 is 1.25 bits per heavy atom. The van der Waals surface area contributed by atoms with Crippen molar-refractivity contribution in [2.24, 2.45) is 5.92 Å². The van der Waals surface area contributed by atoms with Crippen LogP contribution in [0.4, 0.5) is 5.69 Å². The maximum atomic E-state index is 12.7. The van der Waals surface area contributed by atoms with Crippen LogP contribution in [-0.4, -0.2) is 37.0 Å². The molecule has 0 radical (unpaired) electrons. The summed E-state index contributed by atoms with van der Waals surface area (Å²) in [6, 6.07) is 10.9. The molecule has 1 aromatic carbocycles. The lowest BCUT2D eigenvalue weighted by Crippen LogP contribution is -2.27. The van der Waals surface area contributed by atoms with Crippen LogP contribution in [0.5, 0.6) is 11.5 Å². The van der Waals surface area contributed by atoms with E-state index in [1.807, 2.05) is 28.8 Å². The average molecular weight is 454 g/mol. The molecule has 1 fully saturated rings.